The molecule has 2 aromatic carbocycles. The molecule has 1 heterocycles. The van der Waals surface area contributed by atoms with Crippen LogP contribution in [0.25, 0.3) is 11.0 Å². The van der Waals surface area contributed by atoms with Gasteiger partial charge in [-0.1, -0.05) is 11.2 Å². The Labute approximate surface area is 157 Å². The molecule has 0 radical (unpaired) electrons. The number of carbonyl (C=O) groups excluding carboxylic acids is 1. The Hall–Kier alpha value is -3.31. The van der Waals surface area contributed by atoms with Crippen molar-refractivity contribution in [2.45, 2.75) is 12.4 Å². The number of carbonyl (C=O) groups is 1. The van der Waals surface area contributed by atoms with Crippen molar-refractivity contribution in [3.63, 3.8) is 0 Å². The first kappa shape index (κ1) is 20.4. The van der Waals surface area contributed by atoms with Crippen molar-refractivity contribution in [3.05, 3.63) is 53.3 Å². The quantitative estimate of drug-likeness (QED) is 0.589. The minimum absolute atomic E-state index is 0.0152. The fourth-order valence-electron chi connectivity index (χ4n) is 2.39. The van der Waals surface area contributed by atoms with E-state index in [1.807, 2.05) is 0 Å². The summed E-state index contributed by atoms with van der Waals surface area (Å²) in [5.74, 6) is -3.36. The zero-order valence-corrected chi connectivity index (χ0v) is 14.0. The van der Waals surface area contributed by atoms with Gasteiger partial charge in [0.1, 0.15) is 17.0 Å². The predicted molar refractivity (Wildman–Crippen MR) is 84.9 cm³/mol. The van der Waals surface area contributed by atoms with Gasteiger partial charge in [0.15, 0.2) is 18.0 Å². The lowest BCUT2D eigenvalue weighted by atomic mass is 10.1. The van der Waals surface area contributed by atoms with Gasteiger partial charge in [0.25, 0.3) is 5.91 Å². The molecule has 1 amide bonds. The summed E-state index contributed by atoms with van der Waals surface area (Å²) in [6.07, 6.45) is -9.56. The van der Waals surface area contributed by atoms with Gasteiger partial charge in [0, 0.05) is 5.56 Å². The van der Waals surface area contributed by atoms with Crippen molar-refractivity contribution in [3.8, 4) is 5.75 Å². The van der Waals surface area contributed by atoms with Gasteiger partial charge < -0.3 is 14.6 Å². The Morgan fingerprint density at radius 2 is 1.83 bits per heavy atom. The molecular formula is C17H9F7N2O3. The van der Waals surface area contributed by atoms with Crippen LogP contribution in [-0.4, -0.2) is 23.8 Å². The lowest BCUT2D eigenvalue weighted by Gasteiger charge is -2.11. The number of fused-ring (bicyclic) bond motifs is 1. The fraction of sp³-hybridized carbons (Fsp3) is 0.176. The molecule has 12 heteroatoms. The van der Waals surface area contributed by atoms with Crippen LogP contribution >= 0.6 is 0 Å². The van der Waals surface area contributed by atoms with Crippen LogP contribution in [0, 0.1) is 5.82 Å². The van der Waals surface area contributed by atoms with Crippen molar-refractivity contribution in [2.24, 2.45) is 0 Å². The number of nitrogens with one attached hydrogen (secondary N) is 1. The summed E-state index contributed by atoms with van der Waals surface area (Å²) in [5, 5.41) is 5.55. The summed E-state index contributed by atoms with van der Waals surface area (Å²) in [6, 6.07) is 5.36. The summed E-state index contributed by atoms with van der Waals surface area (Å²) in [7, 11) is 0. The molecule has 0 unspecified atom stereocenters. The number of alkyl halides is 6. The van der Waals surface area contributed by atoms with E-state index in [9.17, 15) is 35.5 Å². The summed E-state index contributed by atoms with van der Waals surface area (Å²) in [6.45, 7) is -1.62. The zero-order valence-electron chi connectivity index (χ0n) is 14.0. The Morgan fingerprint density at radius 3 is 2.45 bits per heavy atom. The average Bonchev–Trinajstić information content (AvgIpc) is 3.01. The predicted octanol–water partition coefficient (Wildman–Crippen LogP) is 5.18. The Balaban J connectivity index is 1.88. The number of ether oxygens (including phenoxy) is 1. The number of hydrogen-bond donors (Lipinski definition) is 1. The molecule has 29 heavy (non-hydrogen) atoms. The smallest absolute Gasteiger partial charge is 0.422 e. The van der Waals surface area contributed by atoms with Gasteiger partial charge in [-0.25, -0.2) is 4.39 Å². The highest BCUT2D eigenvalue weighted by Gasteiger charge is 2.34. The van der Waals surface area contributed by atoms with E-state index in [1.165, 1.54) is 18.2 Å². The molecule has 3 rings (SSSR count). The van der Waals surface area contributed by atoms with Gasteiger partial charge in [0.05, 0.1) is 5.56 Å². The molecule has 0 fully saturated rings. The van der Waals surface area contributed by atoms with Crippen LogP contribution in [0.15, 0.2) is 40.9 Å². The van der Waals surface area contributed by atoms with Crippen molar-refractivity contribution >= 4 is 22.7 Å². The zero-order chi connectivity index (χ0) is 21.4. The van der Waals surface area contributed by atoms with E-state index < -0.39 is 41.8 Å². The maximum Gasteiger partial charge on any atom is 0.422 e. The Kier molecular flexibility index (Phi) is 5.11. The van der Waals surface area contributed by atoms with E-state index in [-0.39, 0.29) is 22.5 Å². The van der Waals surface area contributed by atoms with Crippen LogP contribution in [-0.2, 0) is 6.18 Å². The van der Waals surface area contributed by atoms with E-state index in [1.54, 1.807) is 0 Å². The van der Waals surface area contributed by atoms with Crippen LogP contribution in [0.4, 0.5) is 36.6 Å². The Bertz CT molecular complexity index is 1060. The van der Waals surface area contributed by atoms with Crippen LogP contribution in [0.5, 0.6) is 5.75 Å². The summed E-state index contributed by atoms with van der Waals surface area (Å²) >= 11 is 0. The summed E-state index contributed by atoms with van der Waals surface area (Å²) < 4.78 is 98.3. The van der Waals surface area contributed by atoms with Gasteiger partial charge >= 0.3 is 12.4 Å². The lowest BCUT2D eigenvalue weighted by Crippen LogP contribution is -2.19. The standard InChI is InChI=1S/C17H9F7N2O3/c18-10-6-8(4-5-9(10)17(22,23)24)15(27)25-14-13-11(28-7-16(19,20)21)2-1-3-12(13)29-26-14/h1-6H,7H2,(H,25,26,27). The minimum Gasteiger partial charge on any atom is -0.483 e. The molecule has 154 valence electrons. The average molecular weight is 422 g/mol. The van der Waals surface area contributed by atoms with Crippen molar-refractivity contribution in [2.75, 3.05) is 11.9 Å². The summed E-state index contributed by atoms with van der Waals surface area (Å²) in [4.78, 5) is 12.2. The molecule has 0 saturated carbocycles. The molecule has 5 nitrogen and oxygen atoms in total. The summed E-state index contributed by atoms with van der Waals surface area (Å²) in [5.41, 5.74) is -2.04. The molecule has 0 spiro atoms. The number of aromatic nitrogens is 1. The van der Waals surface area contributed by atoms with E-state index in [0.29, 0.717) is 12.1 Å². The van der Waals surface area contributed by atoms with E-state index in [4.69, 9.17) is 4.52 Å². The highest BCUT2D eigenvalue weighted by molar-refractivity contribution is 6.08. The highest BCUT2D eigenvalue weighted by atomic mass is 19.4. The van der Waals surface area contributed by atoms with Gasteiger partial charge in [-0.2, -0.15) is 26.3 Å². The maximum atomic E-state index is 13.7. The van der Waals surface area contributed by atoms with Gasteiger partial charge in [0.2, 0.25) is 0 Å². The first-order valence-electron chi connectivity index (χ1n) is 7.72. The first-order chi connectivity index (χ1) is 13.5. The molecule has 3 aromatic rings. The normalized spacial score (nSPS) is 12.2. The number of hydrogen-bond acceptors (Lipinski definition) is 4. The van der Waals surface area contributed by atoms with Crippen LogP contribution in [0.2, 0.25) is 0 Å². The monoisotopic (exact) mass is 422 g/mol. The molecule has 1 aromatic heterocycles. The van der Waals surface area contributed by atoms with E-state index >= 15 is 0 Å². The number of amides is 1. The van der Waals surface area contributed by atoms with Gasteiger partial charge in [-0.15, -0.1) is 0 Å². The second-order valence-electron chi connectivity index (χ2n) is 5.71. The van der Waals surface area contributed by atoms with E-state index in [0.717, 1.165) is 6.07 Å². The third-order valence-corrected chi connectivity index (χ3v) is 3.62. The molecular weight excluding hydrogens is 413 g/mol. The van der Waals surface area contributed by atoms with Crippen molar-refractivity contribution in [1.29, 1.82) is 0 Å². The van der Waals surface area contributed by atoms with Crippen LogP contribution in [0.1, 0.15) is 15.9 Å². The van der Waals surface area contributed by atoms with Crippen LogP contribution in [0.3, 0.4) is 0 Å². The lowest BCUT2D eigenvalue weighted by molar-refractivity contribution is -0.153. The topological polar surface area (TPSA) is 64.4 Å². The minimum atomic E-state index is -4.94. The molecule has 1 N–H and O–H groups in total. The highest BCUT2D eigenvalue weighted by Crippen LogP contribution is 2.34. The molecule has 0 aliphatic carbocycles. The Morgan fingerprint density at radius 1 is 1.10 bits per heavy atom. The number of nitrogens with zero attached hydrogens (tertiary/aromatic N) is 1. The fourth-order valence-corrected chi connectivity index (χ4v) is 2.39. The second-order valence-corrected chi connectivity index (χ2v) is 5.71. The van der Waals surface area contributed by atoms with Crippen molar-refractivity contribution in [1.82, 2.24) is 5.16 Å². The SMILES string of the molecule is O=C(Nc1noc2cccc(OCC(F)(F)F)c12)c1ccc(C(F)(F)F)c(F)c1. The van der Waals surface area contributed by atoms with E-state index in [2.05, 4.69) is 15.2 Å². The number of benzene rings is 2. The van der Waals surface area contributed by atoms with Crippen molar-refractivity contribution < 1.29 is 44.8 Å². The second kappa shape index (κ2) is 7.26. The molecule has 0 atom stereocenters. The molecule has 0 saturated heterocycles. The molecule has 0 aliphatic rings. The number of halogens is 7. The third kappa shape index (κ3) is 4.58. The van der Waals surface area contributed by atoms with Gasteiger partial charge in [-0.05, 0) is 30.3 Å². The molecule has 0 aliphatic heterocycles. The largest absolute Gasteiger partial charge is 0.483 e. The molecule has 0 bridgehead atoms. The van der Waals surface area contributed by atoms with Crippen LogP contribution < -0.4 is 10.1 Å². The number of rotatable bonds is 4. The first-order valence-corrected chi connectivity index (χ1v) is 7.72. The van der Waals surface area contributed by atoms with Gasteiger partial charge in [-0.3, -0.25) is 4.79 Å². The third-order valence-electron chi connectivity index (χ3n) is 3.62. The maximum absolute atomic E-state index is 13.7. The number of anilines is 1.